The standard InChI is InChI=1S/C18H13Cl2NO5/c1-25-17(23)12-11(15(22)16(19)20)13-10-6-4-3-5-9(10)7-8-21(13)14(12)18(24)26-2/h3-8,16H,1-2H3. The molecule has 3 rings (SSSR count). The van der Waals surface area contributed by atoms with Crippen LogP contribution in [0.15, 0.2) is 36.5 Å². The van der Waals surface area contributed by atoms with Crippen molar-refractivity contribution in [2.75, 3.05) is 14.2 Å². The lowest BCUT2D eigenvalue weighted by Crippen LogP contribution is -2.17. The van der Waals surface area contributed by atoms with Crippen LogP contribution in [0.2, 0.25) is 0 Å². The van der Waals surface area contributed by atoms with E-state index in [2.05, 4.69) is 0 Å². The molecule has 8 heteroatoms. The molecule has 2 heterocycles. The van der Waals surface area contributed by atoms with Crippen LogP contribution in [0.4, 0.5) is 0 Å². The predicted molar refractivity (Wildman–Crippen MR) is 97.4 cm³/mol. The third kappa shape index (κ3) is 2.71. The number of halogens is 2. The van der Waals surface area contributed by atoms with Gasteiger partial charge in [0.25, 0.3) is 0 Å². The van der Waals surface area contributed by atoms with Crippen molar-refractivity contribution in [3.8, 4) is 0 Å². The highest BCUT2D eigenvalue weighted by atomic mass is 35.5. The number of aromatic nitrogens is 1. The summed E-state index contributed by atoms with van der Waals surface area (Å²) in [5, 5.41) is 1.45. The molecule has 0 radical (unpaired) electrons. The lowest BCUT2D eigenvalue weighted by atomic mass is 10.0. The van der Waals surface area contributed by atoms with Gasteiger partial charge in [0.1, 0.15) is 11.3 Å². The SMILES string of the molecule is COC(=O)c1c(C(=O)C(Cl)Cl)c2c3ccccc3ccn2c1C(=O)OC. The van der Waals surface area contributed by atoms with Crippen molar-refractivity contribution in [3.63, 3.8) is 0 Å². The zero-order chi connectivity index (χ0) is 19.0. The number of Topliss-reactive ketones (excluding diaryl/α,β-unsaturated/α-hetero) is 1. The highest BCUT2D eigenvalue weighted by Crippen LogP contribution is 2.33. The Morgan fingerprint density at radius 3 is 2.23 bits per heavy atom. The van der Waals surface area contributed by atoms with Crippen molar-refractivity contribution in [3.05, 3.63) is 53.3 Å². The maximum atomic E-state index is 12.7. The molecule has 0 bridgehead atoms. The number of alkyl halides is 2. The van der Waals surface area contributed by atoms with Crippen molar-refractivity contribution < 1.29 is 23.9 Å². The Bertz CT molecular complexity index is 1050. The third-order valence-corrected chi connectivity index (χ3v) is 4.43. The van der Waals surface area contributed by atoms with E-state index in [-0.39, 0.29) is 16.8 Å². The van der Waals surface area contributed by atoms with Gasteiger partial charge in [-0.05, 0) is 11.5 Å². The molecule has 0 aliphatic heterocycles. The van der Waals surface area contributed by atoms with Crippen molar-refractivity contribution >= 4 is 57.2 Å². The second kappa shape index (κ2) is 6.97. The lowest BCUT2D eigenvalue weighted by molar-refractivity contribution is 0.0549. The number of fused-ring (bicyclic) bond motifs is 3. The molecule has 134 valence electrons. The van der Waals surface area contributed by atoms with Crippen LogP contribution in [0, 0.1) is 0 Å². The fourth-order valence-corrected chi connectivity index (χ4v) is 3.18. The molecule has 0 saturated heterocycles. The van der Waals surface area contributed by atoms with Crippen LogP contribution < -0.4 is 0 Å². The van der Waals surface area contributed by atoms with Crippen LogP contribution >= 0.6 is 23.2 Å². The number of nitrogens with zero attached hydrogens (tertiary/aromatic N) is 1. The van der Waals surface area contributed by atoms with E-state index in [0.717, 1.165) is 12.5 Å². The van der Waals surface area contributed by atoms with Crippen LogP contribution in [0.5, 0.6) is 0 Å². The van der Waals surface area contributed by atoms with Crippen LogP contribution in [0.1, 0.15) is 31.2 Å². The van der Waals surface area contributed by atoms with Crippen LogP contribution in [-0.2, 0) is 9.47 Å². The molecule has 3 aromatic rings. The number of hydrogen-bond acceptors (Lipinski definition) is 5. The van der Waals surface area contributed by atoms with Crippen LogP contribution in [0.3, 0.4) is 0 Å². The predicted octanol–water partition coefficient (Wildman–Crippen LogP) is 3.65. The minimum atomic E-state index is -1.42. The smallest absolute Gasteiger partial charge is 0.355 e. The Balaban J connectivity index is 2.60. The molecule has 0 aliphatic rings. The molecular formula is C18H13Cl2NO5. The van der Waals surface area contributed by atoms with Crippen molar-refractivity contribution in [2.45, 2.75) is 4.84 Å². The summed E-state index contributed by atoms with van der Waals surface area (Å²) in [6, 6.07) is 8.96. The number of benzene rings is 1. The fourth-order valence-electron chi connectivity index (χ4n) is 2.96. The minimum Gasteiger partial charge on any atom is -0.465 e. The largest absolute Gasteiger partial charge is 0.465 e. The number of pyridine rings is 1. The molecular weight excluding hydrogens is 381 g/mol. The Morgan fingerprint density at radius 1 is 0.962 bits per heavy atom. The Hall–Kier alpha value is -2.57. The second-order valence-corrected chi connectivity index (χ2v) is 6.46. The molecule has 0 unspecified atom stereocenters. The Morgan fingerprint density at radius 2 is 1.62 bits per heavy atom. The monoisotopic (exact) mass is 393 g/mol. The average molecular weight is 394 g/mol. The molecule has 0 aliphatic carbocycles. The molecule has 26 heavy (non-hydrogen) atoms. The molecule has 0 amide bonds. The van der Waals surface area contributed by atoms with Crippen molar-refractivity contribution in [2.24, 2.45) is 0 Å². The summed E-state index contributed by atoms with van der Waals surface area (Å²) in [5.74, 6) is -2.37. The average Bonchev–Trinajstić information content (AvgIpc) is 3.01. The number of carbonyl (C=O) groups excluding carboxylic acids is 3. The molecule has 6 nitrogen and oxygen atoms in total. The van der Waals surface area contributed by atoms with E-state index in [9.17, 15) is 14.4 Å². The maximum Gasteiger partial charge on any atom is 0.355 e. The number of esters is 2. The number of ether oxygens (including phenoxy) is 2. The summed E-state index contributed by atoms with van der Waals surface area (Å²) in [5.41, 5.74) is -0.103. The fraction of sp³-hybridized carbons (Fsp3) is 0.167. The molecule has 2 aromatic heterocycles. The second-order valence-electron chi connectivity index (χ2n) is 5.37. The van der Waals surface area contributed by atoms with E-state index in [4.69, 9.17) is 32.7 Å². The first-order chi connectivity index (χ1) is 12.4. The van der Waals surface area contributed by atoms with Crippen LogP contribution in [0.25, 0.3) is 16.3 Å². The summed E-state index contributed by atoms with van der Waals surface area (Å²) >= 11 is 11.6. The van der Waals surface area contributed by atoms with E-state index < -0.39 is 22.6 Å². The molecule has 0 fully saturated rings. The van der Waals surface area contributed by atoms with Gasteiger partial charge in [0.15, 0.2) is 10.6 Å². The van der Waals surface area contributed by atoms with Crippen molar-refractivity contribution in [1.29, 1.82) is 0 Å². The topological polar surface area (TPSA) is 74.1 Å². The molecule has 0 atom stereocenters. The highest BCUT2D eigenvalue weighted by Gasteiger charge is 2.35. The molecule has 1 aromatic carbocycles. The van der Waals surface area contributed by atoms with Gasteiger partial charge in [0.2, 0.25) is 0 Å². The van der Waals surface area contributed by atoms with Gasteiger partial charge in [-0.1, -0.05) is 47.5 Å². The van der Waals surface area contributed by atoms with Gasteiger partial charge in [-0.2, -0.15) is 0 Å². The quantitative estimate of drug-likeness (QED) is 0.384. The van der Waals surface area contributed by atoms with Gasteiger partial charge in [-0.3, -0.25) is 4.79 Å². The van der Waals surface area contributed by atoms with E-state index in [0.29, 0.717) is 10.9 Å². The Kier molecular flexibility index (Phi) is 4.89. The first kappa shape index (κ1) is 18.2. The summed E-state index contributed by atoms with van der Waals surface area (Å²) < 4.78 is 11.0. The van der Waals surface area contributed by atoms with Crippen LogP contribution in [-0.4, -0.2) is 41.2 Å². The Labute approximate surface area is 158 Å². The minimum absolute atomic E-state index is 0.0796. The number of carbonyl (C=O) groups is 3. The normalized spacial score (nSPS) is 11.1. The van der Waals surface area contributed by atoms with Gasteiger partial charge < -0.3 is 13.9 Å². The summed E-state index contributed by atoms with van der Waals surface area (Å²) in [6.45, 7) is 0. The summed E-state index contributed by atoms with van der Waals surface area (Å²) in [6.07, 6.45) is 1.57. The third-order valence-electron chi connectivity index (χ3n) is 4.04. The first-order valence-electron chi connectivity index (χ1n) is 7.47. The van der Waals surface area contributed by atoms with E-state index in [1.165, 1.54) is 11.5 Å². The zero-order valence-electron chi connectivity index (χ0n) is 13.8. The van der Waals surface area contributed by atoms with Gasteiger partial charge in [-0.25, -0.2) is 9.59 Å². The highest BCUT2D eigenvalue weighted by molar-refractivity contribution is 6.56. The molecule has 0 spiro atoms. The van der Waals surface area contributed by atoms with Gasteiger partial charge in [0, 0.05) is 11.6 Å². The molecule has 0 saturated carbocycles. The maximum absolute atomic E-state index is 12.7. The number of rotatable bonds is 4. The summed E-state index contributed by atoms with van der Waals surface area (Å²) in [4.78, 5) is 36.1. The van der Waals surface area contributed by atoms with Gasteiger partial charge in [0.05, 0.1) is 25.3 Å². The molecule has 0 N–H and O–H groups in total. The van der Waals surface area contributed by atoms with Gasteiger partial charge in [-0.15, -0.1) is 0 Å². The number of ketones is 1. The van der Waals surface area contributed by atoms with Crippen molar-refractivity contribution in [1.82, 2.24) is 4.40 Å². The van der Waals surface area contributed by atoms with E-state index in [1.54, 1.807) is 24.4 Å². The van der Waals surface area contributed by atoms with E-state index >= 15 is 0 Å². The zero-order valence-corrected chi connectivity index (χ0v) is 15.3. The number of hydrogen-bond donors (Lipinski definition) is 0. The van der Waals surface area contributed by atoms with E-state index in [1.807, 2.05) is 12.1 Å². The van der Waals surface area contributed by atoms with Gasteiger partial charge >= 0.3 is 11.9 Å². The first-order valence-corrected chi connectivity index (χ1v) is 8.34. The summed E-state index contributed by atoms with van der Waals surface area (Å²) in [7, 11) is 2.33. The number of methoxy groups -OCH3 is 2. The lowest BCUT2D eigenvalue weighted by Gasteiger charge is -2.06.